The van der Waals surface area contributed by atoms with Crippen LogP contribution in [0.4, 0.5) is 10.2 Å². The van der Waals surface area contributed by atoms with Crippen molar-refractivity contribution in [3.05, 3.63) is 22.7 Å². The number of hydrogen-bond donors (Lipinski definition) is 2. The van der Waals surface area contributed by atoms with Gasteiger partial charge in [-0.3, -0.25) is 14.2 Å². The van der Waals surface area contributed by atoms with E-state index in [1.807, 2.05) is 13.8 Å². The number of nitrogens with two attached hydrogens (primary N) is 2. The van der Waals surface area contributed by atoms with Crippen LogP contribution in [-0.4, -0.2) is 52.5 Å². The van der Waals surface area contributed by atoms with E-state index in [1.165, 1.54) is 12.3 Å². The Morgan fingerprint density at radius 1 is 1.26 bits per heavy atom. The zero-order valence-corrected chi connectivity index (χ0v) is 17.9. The molecule has 4 atom stereocenters. The maximum Gasteiger partial charge on any atom is 0.351 e. The number of aromatic nitrogens is 2. The lowest BCUT2D eigenvalue weighted by molar-refractivity contribution is -0.176. The van der Waals surface area contributed by atoms with Gasteiger partial charge in [-0.05, 0) is 18.9 Å². The second-order valence-electron chi connectivity index (χ2n) is 7.54. The molecule has 0 unspecified atom stereocenters. The van der Waals surface area contributed by atoms with Crippen LogP contribution in [0.1, 0.15) is 58.6 Å². The van der Waals surface area contributed by atoms with E-state index in [0.29, 0.717) is 12.8 Å². The molecular formula is C20H31FN4O6. The molecule has 11 heteroatoms. The number of anilines is 1. The Kier molecular flexibility index (Phi) is 8.93. The molecule has 2 heterocycles. The topological polar surface area (TPSA) is 149 Å². The van der Waals surface area contributed by atoms with Crippen molar-refractivity contribution in [1.82, 2.24) is 9.55 Å². The van der Waals surface area contributed by atoms with E-state index < -0.39 is 48.3 Å². The molecule has 4 N–H and O–H groups in total. The third-order valence-electron chi connectivity index (χ3n) is 5.11. The summed E-state index contributed by atoms with van der Waals surface area (Å²) in [4.78, 5) is 40.1. The van der Waals surface area contributed by atoms with Gasteiger partial charge >= 0.3 is 17.6 Å². The zero-order valence-electron chi connectivity index (χ0n) is 17.9. The lowest BCUT2D eigenvalue weighted by Crippen LogP contribution is -2.54. The minimum Gasteiger partial charge on any atom is -0.462 e. The summed E-state index contributed by atoms with van der Waals surface area (Å²) in [6, 6.07) is 1.31. The Morgan fingerprint density at radius 3 is 2.48 bits per heavy atom. The number of unbranched alkanes of at least 4 members (excludes halogenated alkanes) is 2. The number of hydrogen-bond acceptors (Lipinski definition) is 9. The summed E-state index contributed by atoms with van der Waals surface area (Å²) in [6.45, 7) is 3.09. The molecule has 2 rings (SSSR count). The fourth-order valence-electron chi connectivity index (χ4n) is 3.27. The van der Waals surface area contributed by atoms with Crippen LogP contribution in [0, 0.1) is 0 Å². The van der Waals surface area contributed by atoms with E-state index in [1.54, 1.807) is 0 Å². The second kappa shape index (κ2) is 11.2. The fourth-order valence-corrected chi connectivity index (χ4v) is 3.27. The van der Waals surface area contributed by atoms with Gasteiger partial charge in [0.05, 0.1) is 0 Å². The zero-order chi connectivity index (χ0) is 23.0. The Labute approximate surface area is 180 Å². The van der Waals surface area contributed by atoms with Gasteiger partial charge in [-0.15, -0.1) is 0 Å². The highest BCUT2D eigenvalue weighted by Crippen LogP contribution is 2.40. The number of nitrogens with zero attached hydrogens (tertiary/aromatic N) is 2. The van der Waals surface area contributed by atoms with Crippen LogP contribution in [0.25, 0.3) is 0 Å². The Morgan fingerprint density at radius 2 is 1.90 bits per heavy atom. The number of esters is 2. The monoisotopic (exact) mass is 442 g/mol. The van der Waals surface area contributed by atoms with E-state index in [2.05, 4.69) is 4.98 Å². The molecule has 0 aromatic carbocycles. The first-order valence-corrected chi connectivity index (χ1v) is 10.5. The van der Waals surface area contributed by atoms with Gasteiger partial charge in [0.25, 0.3) is 0 Å². The first-order valence-electron chi connectivity index (χ1n) is 10.5. The third-order valence-corrected chi connectivity index (χ3v) is 5.11. The molecule has 1 aromatic heterocycles. The summed E-state index contributed by atoms with van der Waals surface area (Å²) < 4.78 is 32.9. The minimum atomic E-state index is -1.95. The quantitative estimate of drug-likeness (QED) is 0.482. The molecule has 10 nitrogen and oxygen atoms in total. The molecule has 1 aliphatic rings. The maximum absolute atomic E-state index is 15.5. The molecule has 1 saturated heterocycles. The molecule has 0 bridgehead atoms. The summed E-state index contributed by atoms with van der Waals surface area (Å²) in [5.74, 6) is -1.16. The first kappa shape index (κ1) is 24.7. The number of halogens is 1. The van der Waals surface area contributed by atoms with E-state index in [4.69, 9.17) is 25.7 Å². The highest BCUT2D eigenvalue weighted by Gasteiger charge is 2.59. The van der Waals surface area contributed by atoms with Gasteiger partial charge in [0, 0.05) is 25.6 Å². The van der Waals surface area contributed by atoms with Gasteiger partial charge in [-0.1, -0.05) is 26.7 Å². The van der Waals surface area contributed by atoms with Gasteiger partial charge in [0.2, 0.25) is 0 Å². The van der Waals surface area contributed by atoms with E-state index in [0.717, 1.165) is 17.4 Å². The van der Waals surface area contributed by atoms with Crippen molar-refractivity contribution >= 4 is 17.8 Å². The number of carbonyl (C=O) groups excluding carboxylic acids is 2. The standard InChI is InChI=1S/C20H31FN4O6/c1-3-5-7-14(26)29-12-20(11-22)17(30-15(27)8-6-4-2)16(21)18(31-20)25-10-9-13(23)24-19(25)28/h9-10,16-18H,3-8,11-12,22H2,1-2H3,(H2,23,24,28)/t16-,17+,18-,20-/m1/s1. The smallest absolute Gasteiger partial charge is 0.351 e. The second-order valence-corrected chi connectivity index (χ2v) is 7.54. The molecular weight excluding hydrogens is 411 g/mol. The normalized spacial score (nSPS) is 25.4. The molecule has 31 heavy (non-hydrogen) atoms. The lowest BCUT2D eigenvalue weighted by Gasteiger charge is -2.32. The van der Waals surface area contributed by atoms with Gasteiger partial charge in [0.1, 0.15) is 12.4 Å². The molecule has 0 spiro atoms. The number of ether oxygens (including phenoxy) is 3. The predicted molar refractivity (Wildman–Crippen MR) is 110 cm³/mol. The van der Waals surface area contributed by atoms with Crippen LogP contribution in [0.2, 0.25) is 0 Å². The van der Waals surface area contributed by atoms with Crippen LogP contribution in [0.5, 0.6) is 0 Å². The largest absolute Gasteiger partial charge is 0.462 e. The van der Waals surface area contributed by atoms with Crippen molar-refractivity contribution in [2.45, 2.75) is 76.5 Å². The first-order chi connectivity index (χ1) is 14.8. The maximum atomic E-state index is 15.5. The van der Waals surface area contributed by atoms with Crippen LogP contribution in [0.3, 0.4) is 0 Å². The van der Waals surface area contributed by atoms with E-state index in [-0.39, 0.29) is 25.2 Å². The van der Waals surface area contributed by atoms with Crippen molar-refractivity contribution in [2.75, 3.05) is 18.9 Å². The highest BCUT2D eigenvalue weighted by molar-refractivity contribution is 5.70. The summed E-state index contributed by atoms with van der Waals surface area (Å²) in [7, 11) is 0. The van der Waals surface area contributed by atoms with Crippen molar-refractivity contribution in [3.63, 3.8) is 0 Å². The number of rotatable bonds is 11. The summed E-state index contributed by atoms with van der Waals surface area (Å²) >= 11 is 0. The molecule has 0 amide bonds. The Bertz CT molecular complexity index is 819. The van der Waals surface area contributed by atoms with Crippen LogP contribution < -0.4 is 17.2 Å². The summed E-state index contributed by atoms with van der Waals surface area (Å²) in [5.41, 5.74) is 8.89. The molecule has 0 radical (unpaired) electrons. The van der Waals surface area contributed by atoms with Crippen molar-refractivity contribution in [2.24, 2.45) is 5.73 Å². The molecule has 1 fully saturated rings. The summed E-state index contributed by atoms with van der Waals surface area (Å²) in [6.07, 6.45) is -0.662. The van der Waals surface area contributed by atoms with Gasteiger partial charge in [-0.2, -0.15) is 4.98 Å². The van der Waals surface area contributed by atoms with Crippen LogP contribution in [0.15, 0.2) is 17.1 Å². The summed E-state index contributed by atoms with van der Waals surface area (Å²) in [5, 5.41) is 0. The van der Waals surface area contributed by atoms with Crippen molar-refractivity contribution < 1.29 is 28.2 Å². The minimum absolute atomic E-state index is 0.0351. The lowest BCUT2D eigenvalue weighted by atomic mass is 9.96. The Balaban J connectivity index is 2.31. The molecule has 0 saturated carbocycles. The van der Waals surface area contributed by atoms with E-state index >= 15 is 4.39 Å². The number of carbonyl (C=O) groups is 2. The van der Waals surface area contributed by atoms with Gasteiger partial charge in [0.15, 0.2) is 24.1 Å². The van der Waals surface area contributed by atoms with Crippen LogP contribution in [-0.2, 0) is 23.8 Å². The van der Waals surface area contributed by atoms with Crippen molar-refractivity contribution in [1.29, 1.82) is 0 Å². The average Bonchev–Trinajstić information content (AvgIpc) is 3.01. The van der Waals surface area contributed by atoms with Gasteiger partial charge < -0.3 is 25.7 Å². The SMILES string of the molecule is CCCCC(=O)OC[C@@]1(CN)O[C@@H](n2ccc(N)nc2=O)[C@H](F)[C@@H]1OC(=O)CCCC. The predicted octanol–water partition coefficient (Wildman–Crippen LogP) is 1.23. The van der Waals surface area contributed by atoms with E-state index in [9.17, 15) is 14.4 Å². The molecule has 1 aromatic rings. The molecule has 0 aliphatic carbocycles. The third kappa shape index (κ3) is 6.01. The molecule has 1 aliphatic heterocycles. The van der Waals surface area contributed by atoms with Crippen molar-refractivity contribution in [3.8, 4) is 0 Å². The van der Waals surface area contributed by atoms with Crippen LogP contribution >= 0.6 is 0 Å². The van der Waals surface area contributed by atoms with Gasteiger partial charge in [-0.25, -0.2) is 9.18 Å². The number of alkyl halides is 1. The average molecular weight is 442 g/mol. The fraction of sp³-hybridized carbons (Fsp3) is 0.700. The number of nitrogen functional groups attached to an aromatic ring is 1. The molecule has 174 valence electrons. The Hall–Kier alpha value is -2.53. The highest BCUT2D eigenvalue weighted by atomic mass is 19.1.